The van der Waals surface area contributed by atoms with Crippen LogP contribution in [-0.4, -0.2) is 36.2 Å². The fourth-order valence-electron chi connectivity index (χ4n) is 4.92. The Hall–Kier alpha value is -3.47. The van der Waals surface area contributed by atoms with E-state index >= 15 is 0 Å². The number of nitrogens with zero attached hydrogens (tertiary/aromatic N) is 2. The van der Waals surface area contributed by atoms with Gasteiger partial charge in [-0.1, -0.05) is 57.9 Å². The Morgan fingerprint density at radius 3 is 2.48 bits per heavy atom. The van der Waals surface area contributed by atoms with Crippen LogP contribution in [0.3, 0.4) is 0 Å². The highest BCUT2D eigenvalue weighted by Crippen LogP contribution is 2.46. The molecule has 0 radical (unpaired) electrons. The molecule has 1 saturated carbocycles. The molecule has 0 amide bonds. The second-order valence-corrected chi connectivity index (χ2v) is 11.7. The van der Waals surface area contributed by atoms with Gasteiger partial charge in [-0.2, -0.15) is 0 Å². The standard InChI is InChI=1S/C33H27Cl3N2O4/c1-40-33(39)24-15-20(14-21(16-24)18-38-12-3-13-38)6-7-22-10-11-25(17-29(22)36)41-19-26-31(37-42-32(26)23-8-9-23)30-27(34)4-2-5-28(30)35/h2,4-5,10-11,14-17,23H,3,8-9,12-13,18-19H2,1H3. The van der Waals surface area contributed by atoms with Gasteiger partial charge in [-0.25, -0.2) is 4.79 Å². The number of aromatic nitrogens is 1. The molecule has 0 unspecified atom stereocenters. The van der Waals surface area contributed by atoms with E-state index in [0.29, 0.717) is 49.1 Å². The van der Waals surface area contributed by atoms with Gasteiger partial charge in [0.25, 0.3) is 0 Å². The van der Waals surface area contributed by atoms with Crippen molar-refractivity contribution < 1.29 is 18.8 Å². The highest BCUT2D eigenvalue weighted by molar-refractivity contribution is 6.39. The fraction of sp³-hybridized carbons (Fsp3) is 0.273. The minimum atomic E-state index is -0.388. The molecular weight excluding hydrogens is 595 g/mol. The number of benzene rings is 3. The third kappa shape index (κ3) is 6.30. The Bertz CT molecular complexity index is 1690. The zero-order valence-electron chi connectivity index (χ0n) is 22.9. The van der Waals surface area contributed by atoms with Crippen molar-refractivity contribution in [3.05, 3.63) is 103 Å². The van der Waals surface area contributed by atoms with Crippen LogP contribution < -0.4 is 4.74 Å². The van der Waals surface area contributed by atoms with Gasteiger partial charge >= 0.3 is 5.97 Å². The predicted octanol–water partition coefficient (Wildman–Crippen LogP) is 8.15. The number of hydrogen-bond acceptors (Lipinski definition) is 6. The zero-order valence-corrected chi connectivity index (χ0v) is 25.2. The maximum atomic E-state index is 12.3. The molecule has 2 heterocycles. The molecule has 214 valence electrons. The molecule has 0 N–H and O–H groups in total. The largest absolute Gasteiger partial charge is 0.489 e. The number of ether oxygens (including phenoxy) is 2. The molecule has 4 aromatic rings. The summed E-state index contributed by atoms with van der Waals surface area (Å²) >= 11 is 19.6. The summed E-state index contributed by atoms with van der Waals surface area (Å²) in [6, 6.07) is 16.3. The molecule has 9 heteroatoms. The minimum Gasteiger partial charge on any atom is -0.489 e. The zero-order chi connectivity index (χ0) is 29.2. The highest BCUT2D eigenvalue weighted by Gasteiger charge is 2.33. The number of esters is 1. The lowest BCUT2D eigenvalue weighted by Gasteiger charge is -2.30. The number of halogens is 3. The Morgan fingerprint density at radius 2 is 1.81 bits per heavy atom. The van der Waals surface area contributed by atoms with E-state index in [1.807, 2.05) is 24.3 Å². The van der Waals surface area contributed by atoms with Gasteiger partial charge in [0.2, 0.25) is 0 Å². The van der Waals surface area contributed by atoms with Crippen LogP contribution >= 0.6 is 34.8 Å². The highest BCUT2D eigenvalue weighted by atomic mass is 35.5. The summed E-state index contributed by atoms with van der Waals surface area (Å²) < 4.78 is 16.8. The average Bonchev–Trinajstić information content (AvgIpc) is 3.72. The number of rotatable bonds is 8. The van der Waals surface area contributed by atoms with Crippen LogP contribution in [0.2, 0.25) is 15.1 Å². The first-order valence-electron chi connectivity index (χ1n) is 13.7. The Balaban J connectivity index is 1.22. The number of likely N-dealkylation sites (tertiary alicyclic amines) is 1. The van der Waals surface area contributed by atoms with Gasteiger partial charge in [-0.15, -0.1) is 0 Å². The van der Waals surface area contributed by atoms with E-state index in [0.717, 1.165) is 54.9 Å². The number of hydrogen-bond donors (Lipinski definition) is 0. The molecule has 3 aromatic carbocycles. The predicted molar refractivity (Wildman–Crippen MR) is 163 cm³/mol. The fourth-order valence-corrected chi connectivity index (χ4v) is 5.71. The second kappa shape index (κ2) is 12.4. The molecule has 1 aromatic heterocycles. The van der Waals surface area contributed by atoms with Crippen molar-refractivity contribution in [2.75, 3.05) is 20.2 Å². The van der Waals surface area contributed by atoms with Gasteiger partial charge in [0.05, 0.1) is 33.3 Å². The molecule has 0 bridgehead atoms. The first-order valence-corrected chi connectivity index (χ1v) is 14.8. The molecule has 6 rings (SSSR count). The van der Waals surface area contributed by atoms with Gasteiger partial charge in [-0.3, -0.25) is 4.90 Å². The first-order chi connectivity index (χ1) is 20.4. The van der Waals surface area contributed by atoms with Crippen LogP contribution in [0, 0.1) is 11.8 Å². The van der Waals surface area contributed by atoms with Crippen molar-refractivity contribution in [1.82, 2.24) is 10.1 Å². The van der Waals surface area contributed by atoms with Crippen molar-refractivity contribution in [1.29, 1.82) is 0 Å². The average molecular weight is 622 g/mol. The van der Waals surface area contributed by atoms with Crippen LogP contribution in [0.25, 0.3) is 11.3 Å². The third-order valence-electron chi connectivity index (χ3n) is 7.40. The van der Waals surface area contributed by atoms with Gasteiger partial charge in [-0.05, 0) is 80.4 Å². The van der Waals surface area contributed by atoms with Gasteiger partial charge in [0, 0.05) is 35.2 Å². The summed E-state index contributed by atoms with van der Waals surface area (Å²) in [6.45, 7) is 3.10. The van der Waals surface area contributed by atoms with Crippen molar-refractivity contribution >= 4 is 40.8 Å². The number of carbonyl (C=O) groups excluding carboxylic acids is 1. The van der Waals surface area contributed by atoms with E-state index in [-0.39, 0.29) is 12.6 Å². The molecule has 6 nitrogen and oxygen atoms in total. The molecule has 1 aliphatic carbocycles. The van der Waals surface area contributed by atoms with Crippen molar-refractivity contribution in [3.8, 4) is 28.8 Å². The summed E-state index contributed by atoms with van der Waals surface area (Å²) in [5.41, 5.74) is 4.90. The quantitative estimate of drug-likeness (QED) is 0.146. The number of methoxy groups -OCH3 is 1. The van der Waals surface area contributed by atoms with Crippen LogP contribution in [0.1, 0.15) is 63.6 Å². The molecule has 2 aliphatic rings. The molecule has 1 aliphatic heterocycles. The van der Waals surface area contributed by atoms with Crippen LogP contribution in [-0.2, 0) is 17.9 Å². The van der Waals surface area contributed by atoms with Crippen LogP contribution in [0.15, 0.2) is 59.1 Å². The summed E-state index contributed by atoms with van der Waals surface area (Å²) in [5.74, 6) is 7.61. The topological polar surface area (TPSA) is 64.8 Å². The van der Waals surface area contributed by atoms with Crippen molar-refractivity contribution in [2.45, 2.75) is 38.3 Å². The summed E-state index contributed by atoms with van der Waals surface area (Å²) in [7, 11) is 1.38. The van der Waals surface area contributed by atoms with Gasteiger partial charge < -0.3 is 14.0 Å². The Morgan fingerprint density at radius 1 is 1.02 bits per heavy atom. The van der Waals surface area contributed by atoms with Gasteiger partial charge in [0.15, 0.2) is 0 Å². The Labute approximate surface area is 259 Å². The third-order valence-corrected chi connectivity index (χ3v) is 8.34. The van der Waals surface area contributed by atoms with Crippen molar-refractivity contribution in [3.63, 3.8) is 0 Å². The van der Waals surface area contributed by atoms with Crippen LogP contribution in [0.4, 0.5) is 0 Å². The van der Waals surface area contributed by atoms with Gasteiger partial charge in [0.1, 0.15) is 23.8 Å². The van der Waals surface area contributed by atoms with E-state index < -0.39 is 0 Å². The number of carbonyl (C=O) groups is 1. The van der Waals surface area contributed by atoms with E-state index in [1.54, 1.807) is 30.3 Å². The normalized spacial score (nSPS) is 14.6. The van der Waals surface area contributed by atoms with E-state index in [2.05, 4.69) is 21.9 Å². The lowest BCUT2D eigenvalue weighted by atomic mass is 10.0. The molecule has 0 atom stereocenters. The van der Waals surface area contributed by atoms with Crippen molar-refractivity contribution in [2.24, 2.45) is 0 Å². The maximum Gasteiger partial charge on any atom is 0.337 e. The summed E-state index contributed by atoms with van der Waals surface area (Å²) in [4.78, 5) is 14.6. The molecule has 42 heavy (non-hydrogen) atoms. The first kappa shape index (κ1) is 28.6. The maximum absolute atomic E-state index is 12.3. The lowest BCUT2D eigenvalue weighted by Crippen LogP contribution is -2.36. The SMILES string of the molecule is COC(=O)c1cc(C#Cc2ccc(OCc3c(-c4c(Cl)cccc4Cl)noc3C3CC3)cc2Cl)cc(CN2CCC2)c1. The monoisotopic (exact) mass is 620 g/mol. The van der Waals surface area contributed by atoms with E-state index in [4.69, 9.17) is 48.8 Å². The van der Waals surface area contributed by atoms with E-state index in [1.165, 1.54) is 13.5 Å². The second-order valence-electron chi connectivity index (χ2n) is 10.5. The molecule has 2 fully saturated rings. The van der Waals surface area contributed by atoms with Crippen LogP contribution in [0.5, 0.6) is 5.75 Å². The molecule has 0 spiro atoms. The lowest BCUT2D eigenvalue weighted by molar-refractivity contribution is 0.0600. The minimum absolute atomic E-state index is 0.216. The molecule has 1 saturated heterocycles. The summed E-state index contributed by atoms with van der Waals surface area (Å²) in [5, 5.41) is 5.76. The summed E-state index contributed by atoms with van der Waals surface area (Å²) in [6.07, 6.45) is 3.28. The Kier molecular flexibility index (Phi) is 8.46. The molecular formula is C33H27Cl3N2O4. The van der Waals surface area contributed by atoms with E-state index in [9.17, 15) is 4.79 Å². The smallest absolute Gasteiger partial charge is 0.337 e.